The van der Waals surface area contributed by atoms with E-state index in [4.69, 9.17) is 0 Å². The molecule has 1 aliphatic rings. The molecule has 1 atom stereocenters. The molecule has 1 N–H and O–H groups in total. The smallest absolute Gasteiger partial charge is 0.236 e. The van der Waals surface area contributed by atoms with Gasteiger partial charge in [-0.2, -0.15) is 0 Å². The lowest BCUT2D eigenvalue weighted by atomic mass is 10.3. The van der Waals surface area contributed by atoms with Crippen molar-refractivity contribution in [2.75, 3.05) is 13.1 Å². The molecule has 0 spiro atoms. The summed E-state index contributed by atoms with van der Waals surface area (Å²) >= 11 is 0. The molecule has 0 bridgehead atoms. The van der Waals surface area contributed by atoms with E-state index in [-0.39, 0.29) is 11.9 Å². The van der Waals surface area contributed by atoms with Crippen molar-refractivity contribution in [2.45, 2.75) is 38.8 Å². The molecule has 0 heterocycles. The van der Waals surface area contributed by atoms with Crippen LogP contribution in [0.5, 0.6) is 0 Å². The van der Waals surface area contributed by atoms with Crippen molar-refractivity contribution in [3.8, 4) is 0 Å². The first-order chi connectivity index (χ1) is 6.69. The Hall–Kier alpha value is -0.830. The van der Waals surface area contributed by atoms with Crippen LogP contribution in [0.3, 0.4) is 0 Å². The number of nitrogens with zero attached hydrogens (tertiary/aromatic N) is 1. The highest BCUT2D eigenvalue weighted by molar-refractivity contribution is 5.78. The van der Waals surface area contributed by atoms with E-state index in [0.29, 0.717) is 12.6 Å². The van der Waals surface area contributed by atoms with E-state index in [1.165, 1.54) is 12.8 Å². The second-order valence-corrected chi connectivity index (χ2v) is 3.82. The Morgan fingerprint density at radius 3 is 2.79 bits per heavy atom. The Bertz CT molecular complexity index is 211. The molecule has 80 valence electrons. The van der Waals surface area contributed by atoms with E-state index >= 15 is 0 Å². The van der Waals surface area contributed by atoms with Crippen molar-refractivity contribution in [3.63, 3.8) is 0 Å². The molecule has 1 unspecified atom stereocenters. The standard InChI is InChI=1S/C11H20N2O/c1-4-9(3)12-8-11(14)13(5-2)10-6-7-10/h4,9-10,12H,1,5-8H2,2-3H3. The van der Waals surface area contributed by atoms with Crippen LogP contribution in [0.1, 0.15) is 26.7 Å². The molecule has 0 aromatic heterocycles. The van der Waals surface area contributed by atoms with E-state index in [9.17, 15) is 4.79 Å². The zero-order valence-corrected chi connectivity index (χ0v) is 9.12. The number of hydrogen-bond donors (Lipinski definition) is 1. The third kappa shape index (κ3) is 3.14. The average molecular weight is 196 g/mol. The highest BCUT2D eigenvalue weighted by atomic mass is 16.2. The lowest BCUT2D eigenvalue weighted by Crippen LogP contribution is -2.41. The number of likely N-dealkylation sites (N-methyl/N-ethyl adjacent to an activating group) is 1. The Morgan fingerprint density at radius 1 is 1.71 bits per heavy atom. The maximum Gasteiger partial charge on any atom is 0.236 e. The first-order valence-corrected chi connectivity index (χ1v) is 5.34. The predicted molar refractivity (Wildman–Crippen MR) is 58.1 cm³/mol. The normalized spacial score (nSPS) is 17.6. The minimum atomic E-state index is 0.205. The van der Waals surface area contributed by atoms with Gasteiger partial charge in [0, 0.05) is 18.6 Å². The van der Waals surface area contributed by atoms with Crippen molar-refractivity contribution in [2.24, 2.45) is 0 Å². The summed E-state index contributed by atoms with van der Waals surface area (Å²) in [7, 11) is 0. The van der Waals surface area contributed by atoms with Crippen LogP contribution in [0.4, 0.5) is 0 Å². The number of hydrogen-bond acceptors (Lipinski definition) is 2. The topological polar surface area (TPSA) is 32.3 Å². The highest BCUT2D eigenvalue weighted by Gasteiger charge is 2.30. The van der Waals surface area contributed by atoms with Gasteiger partial charge in [0.05, 0.1) is 6.54 Å². The van der Waals surface area contributed by atoms with Gasteiger partial charge in [0.25, 0.3) is 0 Å². The van der Waals surface area contributed by atoms with Crippen molar-refractivity contribution >= 4 is 5.91 Å². The van der Waals surface area contributed by atoms with Crippen LogP contribution in [-0.2, 0) is 4.79 Å². The third-order valence-electron chi connectivity index (χ3n) is 2.58. The molecule has 1 aliphatic carbocycles. The molecule has 1 fully saturated rings. The summed E-state index contributed by atoms with van der Waals surface area (Å²) in [6.45, 7) is 8.95. The molecule has 0 saturated heterocycles. The van der Waals surface area contributed by atoms with Gasteiger partial charge in [-0.3, -0.25) is 4.79 Å². The third-order valence-corrected chi connectivity index (χ3v) is 2.58. The molecule has 0 aromatic rings. The van der Waals surface area contributed by atoms with Gasteiger partial charge in [-0.05, 0) is 26.7 Å². The monoisotopic (exact) mass is 196 g/mol. The second kappa shape index (κ2) is 5.15. The molecule has 1 rings (SSSR count). The number of carbonyl (C=O) groups excluding carboxylic acids is 1. The van der Waals surface area contributed by atoms with Gasteiger partial charge in [-0.1, -0.05) is 6.08 Å². The molecule has 3 nitrogen and oxygen atoms in total. The highest BCUT2D eigenvalue weighted by Crippen LogP contribution is 2.26. The number of carbonyl (C=O) groups is 1. The van der Waals surface area contributed by atoms with E-state index < -0.39 is 0 Å². The van der Waals surface area contributed by atoms with E-state index in [0.717, 1.165) is 6.54 Å². The molecular formula is C11H20N2O. The summed E-state index contributed by atoms with van der Waals surface area (Å²) in [5.41, 5.74) is 0. The Morgan fingerprint density at radius 2 is 2.36 bits per heavy atom. The lowest BCUT2D eigenvalue weighted by molar-refractivity contribution is -0.130. The largest absolute Gasteiger partial charge is 0.339 e. The van der Waals surface area contributed by atoms with E-state index in [1.54, 1.807) is 6.08 Å². The fourth-order valence-corrected chi connectivity index (χ4v) is 1.46. The van der Waals surface area contributed by atoms with Gasteiger partial charge in [-0.15, -0.1) is 6.58 Å². The van der Waals surface area contributed by atoms with Gasteiger partial charge in [0.2, 0.25) is 5.91 Å². The molecular weight excluding hydrogens is 176 g/mol. The molecule has 0 aliphatic heterocycles. The minimum absolute atomic E-state index is 0.205. The number of amides is 1. The summed E-state index contributed by atoms with van der Waals surface area (Å²) in [6.07, 6.45) is 4.16. The first kappa shape index (κ1) is 11.2. The fraction of sp³-hybridized carbons (Fsp3) is 0.727. The van der Waals surface area contributed by atoms with Crippen molar-refractivity contribution in [1.82, 2.24) is 10.2 Å². The summed E-state index contributed by atoms with van der Waals surface area (Å²) in [5.74, 6) is 0.212. The van der Waals surface area contributed by atoms with Crippen LogP contribution in [0, 0.1) is 0 Å². The SMILES string of the molecule is C=CC(C)NCC(=O)N(CC)C1CC1. The summed E-state index contributed by atoms with van der Waals surface area (Å²) in [4.78, 5) is 13.7. The fourth-order valence-electron chi connectivity index (χ4n) is 1.46. The van der Waals surface area contributed by atoms with Gasteiger partial charge in [0.15, 0.2) is 0 Å². The molecule has 1 amide bonds. The number of nitrogens with one attached hydrogen (secondary N) is 1. The van der Waals surface area contributed by atoms with Crippen molar-refractivity contribution in [1.29, 1.82) is 0 Å². The molecule has 14 heavy (non-hydrogen) atoms. The van der Waals surface area contributed by atoms with Gasteiger partial charge >= 0.3 is 0 Å². The Balaban J connectivity index is 2.28. The van der Waals surface area contributed by atoms with Crippen molar-refractivity contribution in [3.05, 3.63) is 12.7 Å². The van der Waals surface area contributed by atoms with Crippen LogP contribution >= 0.6 is 0 Å². The summed E-state index contributed by atoms with van der Waals surface area (Å²) in [5, 5.41) is 3.12. The van der Waals surface area contributed by atoms with Gasteiger partial charge in [-0.25, -0.2) is 0 Å². The maximum absolute atomic E-state index is 11.7. The van der Waals surface area contributed by atoms with Crippen LogP contribution in [-0.4, -0.2) is 36.0 Å². The van der Waals surface area contributed by atoms with Crippen LogP contribution in [0.15, 0.2) is 12.7 Å². The van der Waals surface area contributed by atoms with E-state index in [2.05, 4.69) is 11.9 Å². The quantitative estimate of drug-likeness (QED) is 0.647. The Labute approximate surface area is 86.2 Å². The maximum atomic E-state index is 11.7. The van der Waals surface area contributed by atoms with Crippen LogP contribution in [0.25, 0.3) is 0 Å². The van der Waals surface area contributed by atoms with Crippen LogP contribution < -0.4 is 5.32 Å². The number of rotatable bonds is 6. The second-order valence-electron chi connectivity index (χ2n) is 3.82. The lowest BCUT2D eigenvalue weighted by Gasteiger charge is -2.21. The van der Waals surface area contributed by atoms with Crippen LogP contribution in [0.2, 0.25) is 0 Å². The molecule has 0 aromatic carbocycles. The Kier molecular flexibility index (Phi) is 4.14. The average Bonchev–Trinajstić information content (AvgIpc) is 2.99. The molecule has 0 radical (unpaired) electrons. The van der Waals surface area contributed by atoms with Crippen molar-refractivity contribution < 1.29 is 4.79 Å². The predicted octanol–water partition coefficient (Wildman–Crippen LogP) is 1.16. The zero-order chi connectivity index (χ0) is 10.6. The van der Waals surface area contributed by atoms with E-state index in [1.807, 2.05) is 18.7 Å². The summed E-state index contributed by atoms with van der Waals surface area (Å²) in [6, 6.07) is 0.727. The van der Waals surface area contributed by atoms with Gasteiger partial charge in [0.1, 0.15) is 0 Å². The molecule has 3 heteroatoms. The zero-order valence-electron chi connectivity index (χ0n) is 9.12. The molecule has 1 saturated carbocycles. The first-order valence-electron chi connectivity index (χ1n) is 5.34. The van der Waals surface area contributed by atoms with Gasteiger partial charge < -0.3 is 10.2 Å². The summed E-state index contributed by atoms with van der Waals surface area (Å²) < 4.78 is 0. The minimum Gasteiger partial charge on any atom is -0.339 e.